The second kappa shape index (κ2) is 13.4. The molecule has 0 atom stereocenters. The molecule has 0 aromatic heterocycles. The number of ether oxygens (including phenoxy) is 3. The van der Waals surface area contributed by atoms with E-state index in [1.807, 2.05) is 0 Å². The molecule has 0 aromatic carbocycles. The van der Waals surface area contributed by atoms with E-state index in [4.69, 9.17) is 14.2 Å². The maximum absolute atomic E-state index is 11.0. The van der Waals surface area contributed by atoms with Gasteiger partial charge in [-0.05, 0) is 6.42 Å². The quantitative estimate of drug-likeness (QED) is 0.367. The molecule has 100 valence electrons. The summed E-state index contributed by atoms with van der Waals surface area (Å²) >= 11 is 0. The van der Waals surface area contributed by atoms with Crippen molar-refractivity contribution >= 4 is 5.78 Å². The summed E-state index contributed by atoms with van der Waals surface area (Å²) in [5.41, 5.74) is 0. The molecule has 0 spiro atoms. The standard InChI is InChI=1S/C13H24O4/c1-3-5-7-15-8-9-16-10-11-17-12-13(14)6-4-2/h4H,2-3,5-12H2,1H3. The molecule has 0 radical (unpaired) electrons. The van der Waals surface area contributed by atoms with Crippen molar-refractivity contribution in [3.05, 3.63) is 12.7 Å². The van der Waals surface area contributed by atoms with Crippen LogP contribution in [0.1, 0.15) is 26.2 Å². The number of ketones is 1. The fraction of sp³-hybridized carbons (Fsp3) is 0.769. The van der Waals surface area contributed by atoms with E-state index in [1.54, 1.807) is 6.08 Å². The molecule has 0 aliphatic carbocycles. The monoisotopic (exact) mass is 244 g/mol. The lowest BCUT2D eigenvalue weighted by molar-refractivity contribution is -0.123. The molecule has 0 heterocycles. The Kier molecular flexibility index (Phi) is 12.8. The van der Waals surface area contributed by atoms with E-state index < -0.39 is 0 Å². The van der Waals surface area contributed by atoms with Crippen molar-refractivity contribution in [1.29, 1.82) is 0 Å². The van der Waals surface area contributed by atoms with E-state index in [1.165, 1.54) is 0 Å². The molecule has 0 bridgehead atoms. The van der Waals surface area contributed by atoms with Crippen molar-refractivity contribution in [2.75, 3.05) is 39.6 Å². The van der Waals surface area contributed by atoms with Crippen molar-refractivity contribution in [2.24, 2.45) is 0 Å². The Hall–Kier alpha value is -0.710. The molecule has 0 saturated heterocycles. The van der Waals surface area contributed by atoms with Gasteiger partial charge in [-0.2, -0.15) is 0 Å². The van der Waals surface area contributed by atoms with Crippen LogP contribution in [-0.2, 0) is 19.0 Å². The van der Waals surface area contributed by atoms with E-state index in [9.17, 15) is 4.79 Å². The molecule has 4 nitrogen and oxygen atoms in total. The van der Waals surface area contributed by atoms with Gasteiger partial charge in [-0.1, -0.05) is 19.4 Å². The highest BCUT2D eigenvalue weighted by molar-refractivity contribution is 5.80. The van der Waals surface area contributed by atoms with Crippen LogP contribution in [-0.4, -0.2) is 45.4 Å². The van der Waals surface area contributed by atoms with E-state index >= 15 is 0 Å². The molecule has 0 aliphatic rings. The van der Waals surface area contributed by atoms with Crippen LogP contribution in [0.15, 0.2) is 12.7 Å². The van der Waals surface area contributed by atoms with E-state index in [0.717, 1.165) is 19.4 Å². The lowest BCUT2D eigenvalue weighted by Crippen LogP contribution is -2.13. The van der Waals surface area contributed by atoms with Gasteiger partial charge in [0, 0.05) is 13.0 Å². The Balaban J connectivity index is 3.03. The van der Waals surface area contributed by atoms with Gasteiger partial charge in [0.1, 0.15) is 6.61 Å². The summed E-state index contributed by atoms with van der Waals surface area (Å²) in [7, 11) is 0. The van der Waals surface area contributed by atoms with Gasteiger partial charge in [0.15, 0.2) is 5.78 Å². The zero-order valence-electron chi connectivity index (χ0n) is 10.8. The molecule has 0 unspecified atom stereocenters. The first-order valence-electron chi connectivity index (χ1n) is 6.17. The minimum Gasteiger partial charge on any atom is -0.379 e. The number of Topliss-reactive ketones (excluding diaryl/α,β-unsaturated/α-hetero) is 1. The molecule has 17 heavy (non-hydrogen) atoms. The van der Waals surface area contributed by atoms with Crippen molar-refractivity contribution in [1.82, 2.24) is 0 Å². The fourth-order valence-electron chi connectivity index (χ4n) is 1.09. The summed E-state index contributed by atoms with van der Waals surface area (Å²) in [6, 6.07) is 0. The minimum atomic E-state index is 0.0444. The molecule has 0 saturated carbocycles. The van der Waals surface area contributed by atoms with Gasteiger partial charge in [0.25, 0.3) is 0 Å². The molecule has 4 heteroatoms. The Morgan fingerprint density at radius 2 is 1.65 bits per heavy atom. The van der Waals surface area contributed by atoms with E-state index in [0.29, 0.717) is 32.8 Å². The number of hydrogen-bond donors (Lipinski definition) is 0. The zero-order valence-corrected chi connectivity index (χ0v) is 10.8. The molecule has 0 aliphatic heterocycles. The van der Waals surface area contributed by atoms with Crippen LogP contribution in [0.3, 0.4) is 0 Å². The molecule has 0 rings (SSSR count). The third kappa shape index (κ3) is 13.2. The fourth-order valence-corrected chi connectivity index (χ4v) is 1.09. The second-order valence-electron chi connectivity index (χ2n) is 3.66. The third-order valence-electron chi connectivity index (χ3n) is 2.02. The molecule has 0 amide bonds. The maximum atomic E-state index is 11.0. The first-order valence-corrected chi connectivity index (χ1v) is 6.17. The van der Waals surface area contributed by atoms with E-state index in [-0.39, 0.29) is 12.4 Å². The largest absolute Gasteiger partial charge is 0.379 e. The Labute approximate surface area is 104 Å². The zero-order chi connectivity index (χ0) is 12.8. The predicted octanol–water partition coefficient (Wildman–Crippen LogP) is 1.98. The van der Waals surface area contributed by atoms with Crippen LogP contribution in [0.4, 0.5) is 0 Å². The van der Waals surface area contributed by atoms with Gasteiger partial charge in [-0.3, -0.25) is 4.79 Å². The number of rotatable bonds is 13. The van der Waals surface area contributed by atoms with Gasteiger partial charge in [0.2, 0.25) is 0 Å². The highest BCUT2D eigenvalue weighted by atomic mass is 16.5. The first kappa shape index (κ1) is 16.3. The van der Waals surface area contributed by atoms with Gasteiger partial charge in [0.05, 0.1) is 26.4 Å². The average Bonchev–Trinajstić information content (AvgIpc) is 2.32. The SMILES string of the molecule is C=CCC(=O)COCCOCCOCCCC. The smallest absolute Gasteiger partial charge is 0.162 e. The van der Waals surface area contributed by atoms with Gasteiger partial charge >= 0.3 is 0 Å². The van der Waals surface area contributed by atoms with Crippen LogP contribution in [0.2, 0.25) is 0 Å². The summed E-state index contributed by atoms with van der Waals surface area (Å²) in [6.45, 7) is 8.69. The second-order valence-corrected chi connectivity index (χ2v) is 3.66. The Bertz CT molecular complexity index is 192. The van der Waals surface area contributed by atoms with Crippen molar-refractivity contribution in [3.63, 3.8) is 0 Å². The molecule has 0 aromatic rings. The lowest BCUT2D eigenvalue weighted by Gasteiger charge is -2.05. The van der Waals surface area contributed by atoms with Crippen molar-refractivity contribution < 1.29 is 19.0 Å². The van der Waals surface area contributed by atoms with Crippen LogP contribution < -0.4 is 0 Å². The van der Waals surface area contributed by atoms with E-state index in [2.05, 4.69) is 13.5 Å². The molecular formula is C13H24O4. The van der Waals surface area contributed by atoms with Gasteiger partial charge in [-0.15, -0.1) is 6.58 Å². The topological polar surface area (TPSA) is 44.8 Å². The van der Waals surface area contributed by atoms with Gasteiger partial charge in [-0.25, -0.2) is 0 Å². The number of allylic oxidation sites excluding steroid dienone is 1. The third-order valence-corrected chi connectivity index (χ3v) is 2.02. The lowest BCUT2D eigenvalue weighted by atomic mass is 10.3. The van der Waals surface area contributed by atoms with Crippen LogP contribution in [0, 0.1) is 0 Å². The number of unbranched alkanes of at least 4 members (excludes halogenated alkanes) is 1. The van der Waals surface area contributed by atoms with Crippen LogP contribution >= 0.6 is 0 Å². The van der Waals surface area contributed by atoms with Gasteiger partial charge < -0.3 is 14.2 Å². The number of carbonyl (C=O) groups excluding carboxylic acids is 1. The normalized spacial score (nSPS) is 10.4. The van der Waals surface area contributed by atoms with Crippen molar-refractivity contribution in [2.45, 2.75) is 26.2 Å². The maximum Gasteiger partial charge on any atom is 0.162 e. The molecule has 0 N–H and O–H groups in total. The predicted molar refractivity (Wildman–Crippen MR) is 67.2 cm³/mol. The molecule has 0 fully saturated rings. The highest BCUT2D eigenvalue weighted by Crippen LogP contribution is 1.89. The highest BCUT2D eigenvalue weighted by Gasteiger charge is 1.98. The first-order chi connectivity index (χ1) is 8.31. The average molecular weight is 244 g/mol. The summed E-state index contributed by atoms with van der Waals surface area (Å²) < 4.78 is 15.7. The molecular weight excluding hydrogens is 220 g/mol. The summed E-state index contributed by atoms with van der Waals surface area (Å²) in [4.78, 5) is 11.0. The number of carbonyl (C=O) groups is 1. The number of hydrogen-bond acceptors (Lipinski definition) is 4. The van der Waals surface area contributed by atoms with Crippen LogP contribution in [0.25, 0.3) is 0 Å². The van der Waals surface area contributed by atoms with Crippen LogP contribution in [0.5, 0.6) is 0 Å². The van der Waals surface area contributed by atoms with Crippen molar-refractivity contribution in [3.8, 4) is 0 Å². The Morgan fingerprint density at radius 3 is 2.24 bits per heavy atom. The Morgan fingerprint density at radius 1 is 1.06 bits per heavy atom. The minimum absolute atomic E-state index is 0.0444. The summed E-state index contributed by atoms with van der Waals surface area (Å²) in [6.07, 6.45) is 4.18. The summed E-state index contributed by atoms with van der Waals surface area (Å²) in [5, 5.41) is 0. The summed E-state index contributed by atoms with van der Waals surface area (Å²) in [5.74, 6) is 0.0444.